The summed E-state index contributed by atoms with van der Waals surface area (Å²) in [6.07, 6.45) is 44.2. The van der Waals surface area contributed by atoms with Crippen molar-refractivity contribution in [3.8, 4) is 0 Å². The fourth-order valence-electron chi connectivity index (χ4n) is 6.92. The number of carbonyl (C=O) groups is 2. The molecule has 0 saturated heterocycles. The molecular formula is C47H89NO5. The number of ether oxygens (including phenoxy) is 3. The lowest BCUT2D eigenvalue weighted by Crippen LogP contribution is -2.24. The fraction of sp³-hybridized carbons (Fsp3) is 0.872. The quantitative estimate of drug-likeness (QED) is 0.0353. The molecule has 0 aliphatic heterocycles. The highest BCUT2D eigenvalue weighted by molar-refractivity contribution is 5.69. The number of allylic oxidation sites excluding steroid dienone is 4. The molecule has 0 aromatic rings. The van der Waals surface area contributed by atoms with E-state index in [4.69, 9.17) is 14.2 Å². The molecule has 0 radical (unpaired) electrons. The van der Waals surface area contributed by atoms with E-state index in [0.29, 0.717) is 25.6 Å². The first kappa shape index (κ1) is 51.2. The Morgan fingerprint density at radius 2 is 1.02 bits per heavy atom. The molecule has 0 saturated carbocycles. The Morgan fingerprint density at radius 3 is 1.62 bits per heavy atom. The largest absolute Gasteiger partial charge is 0.508 e. The molecule has 0 aliphatic rings. The number of carbonyl (C=O) groups excluding carboxylic acids is 2. The van der Waals surface area contributed by atoms with Crippen LogP contribution >= 0.6 is 0 Å². The highest BCUT2D eigenvalue weighted by Crippen LogP contribution is 2.27. The lowest BCUT2D eigenvalue weighted by Gasteiger charge is -2.24. The van der Waals surface area contributed by atoms with E-state index in [1.54, 1.807) is 0 Å². The van der Waals surface area contributed by atoms with Gasteiger partial charge in [-0.1, -0.05) is 167 Å². The average Bonchev–Trinajstić information content (AvgIpc) is 3.14. The zero-order valence-corrected chi connectivity index (χ0v) is 36.0. The standard InChI is InChI=1S/C47H89NO5/c1-6-9-12-15-18-19-20-21-22-23-24-25-26-29-32-39-46(49)51-41-34-33-38-45(53-47(50)52-42-35-40-48(4)5)43-44(36-30-27-16-13-10-7-2)37-31-28-17-14-11-8-3/h18-19,21-22,44-45H,6-17,20,23-43H2,1-5H3. The summed E-state index contributed by atoms with van der Waals surface area (Å²) in [7, 11) is 4.05. The molecule has 1 atom stereocenters. The van der Waals surface area contributed by atoms with Crippen LogP contribution in [0.1, 0.15) is 220 Å². The van der Waals surface area contributed by atoms with Gasteiger partial charge in [0.25, 0.3) is 0 Å². The van der Waals surface area contributed by atoms with Gasteiger partial charge in [-0.05, 0) is 90.6 Å². The third kappa shape index (κ3) is 39.7. The first-order chi connectivity index (χ1) is 25.9. The molecule has 312 valence electrons. The van der Waals surface area contributed by atoms with Crippen molar-refractivity contribution >= 4 is 12.1 Å². The van der Waals surface area contributed by atoms with E-state index in [-0.39, 0.29) is 12.1 Å². The zero-order chi connectivity index (χ0) is 38.9. The van der Waals surface area contributed by atoms with Crippen LogP contribution in [0, 0.1) is 5.92 Å². The molecule has 0 bridgehead atoms. The third-order valence-corrected chi connectivity index (χ3v) is 10.3. The van der Waals surface area contributed by atoms with Crippen LogP contribution < -0.4 is 0 Å². The first-order valence-electron chi connectivity index (χ1n) is 22.9. The normalized spacial score (nSPS) is 12.4. The van der Waals surface area contributed by atoms with Gasteiger partial charge >= 0.3 is 12.1 Å². The Bertz CT molecular complexity index is 825. The van der Waals surface area contributed by atoms with Gasteiger partial charge in [0.05, 0.1) is 13.2 Å². The van der Waals surface area contributed by atoms with E-state index < -0.39 is 6.16 Å². The zero-order valence-electron chi connectivity index (χ0n) is 36.0. The molecular weight excluding hydrogens is 659 g/mol. The maximum Gasteiger partial charge on any atom is 0.508 e. The Hall–Kier alpha value is -1.82. The van der Waals surface area contributed by atoms with Gasteiger partial charge in [0.2, 0.25) is 0 Å². The summed E-state index contributed by atoms with van der Waals surface area (Å²) in [5.41, 5.74) is 0. The van der Waals surface area contributed by atoms with Crippen LogP contribution in [0.2, 0.25) is 0 Å². The SMILES string of the molecule is CCCCCC=CCC=CCCCCCCCC(=O)OCCCCC(CC(CCCCCCCC)CCCCCCCC)OC(=O)OCCCN(C)C. The Labute approximate surface area is 330 Å². The van der Waals surface area contributed by atoms with Gasteiger partial charge in [0.1, 0.15) is 6.10 Å². The van der Waals surface area contributed by atoms with Crippen molar-refractivity contribution in [1.82, 2.24) is 4.90 Å². The van der Waals surface area contributed by atoms with Crippen molar-refractivity contribution in [3.63, 3.8) is 0 Å². The minimum Gasteiger partial charge on any atom is -0.466 e. The molecule has 6 heteroatoms. The van der Waals surface area contributed by atoms with Crippen molar-refractivity contribution in [2.24, 2.45) is 5.92 Å². The summed E-state index contributed by atoms with van der Waals surface area (Å²) in [5.74, 6) is 0.489. The Morgan fingerprint density at radius 1 is 0.528 bits per heavy atom. The number of nitrogens with zero attached hydrogens (tertiary/aromatic N) is 1. The summed E-state index contributed by atoms with van der Waals surface area (Å²) in [4.78, 5) is 27.2. The van der Waals surface area contributed by atoms with Crippen LogP contribution in [0.3, 0.4) is 0 Å². The van der Waals surface area contributed by atoms with Crippen molar-refractivity contribution in [1.29, 1.82) is 0 Å². The van der Waals surface area contributed by atoms with E-state index in [2.05, 4.69) is 50.0 Å². The number of hydrogen-bond acceptors (Lipinski definition) is 6. The van der Waals surface area contributed by atoms with Gasteiger partial charge in [-0.3, -0.25) is 4.79 Å². The molecule has 0 amide bonds. The Kier molecular flexibility index (Phi) is 39.9. The molecule has 0 spiro atoms. The topological polar surface area (TPSA) is 65.1 Å². The van der Waals surface area contributed by atoms with Crippen molar-refractivity contribution in [2.75, 3.05) is 33.9 Å². The van der Waals surface area contributed by atoms with Crippen molar-refractivity contribution < 1.29 is 23.8 Å². The van der Waals surface area contributed by atoms with Crippen molar-refractivity contribution in [3.05, 3.63) is 24.3 Å². The van der Waals surface area contributed by atoms with Crippen LogP contribution in [0.25, 0.3) is 0 Å². The fourth-order valence-corrected chi connectivity index (χ4v) is 6.92. The molecule has 0 heterocycles. The second-order valence-electron chi connectivity index (χ2n) is 15.9. The number of esters is 1. The summed E-state index contributed by atoms with van der Waals surface area (Å²) in [6, 6.07) is 0. The molecule has 53 heavy (non-hydrogen) atoms. The van der Waals surface area contributed by atoms with E-state index in [9.17, 15) is 9.59 Å². The lowest BCUT2D eigenvalue weighted by atomic mass is 9.88. The van der Waals surface area contributed by atoms with E-state index in [1.165, 1.54) is 135 Å². The highest BCUT2D eigenvalue weighted by Gasteiger charge is 2.21. The highest BCUT2D eigenvalue weighted by atomic mass is 16.7. The number of rotatable bonds is 40. The minimum atomic E-state index is -0.532. The van der Waals surface area contributed by atoms with E-state index in [1.807, 2.05) is 14.1 Å². The van der Waals surface area contributed by atoms with Gasteiger partial charge in [-0.2, -0.15) is 0 Å². The van der Waals surface area contributed by atoms with Crippen LogP contribution in [-0.2, 0) is 19.0 Å². The molecule has 1 unspecified atom stereocenters. The van der Waals surface area contributed by atoms with E-state index in [0.717, 1.165) is 64.3 Å². The molecule has 6 nitrogen and oxygen atoms in total. The van der Waals surface area contributed by atoms with E-state index >= 15 is 0 Å². The molecule has 0 rings (SSSR count). The molecule has 0 aliphatic carbocycles. The average molecular weight is 748 g/mol. The Balaban J connectivity index is 4.57. The van der Waals surface area contributed by atoms with Gasteiger partial charge in [0.15, 0.2) is 0 Å². The first-order valence-corrected chi connectivity index (χ1v) is 22.9. The smallest absolute Gasteiger partial charge is 0.466 e. The maximum atomic E-state index is 12.7. The summed E-state index contributed by atoms with van der Waals surface area (Å²) >= 11 is 0. The number of unbranched alkanes of at least 4 members (excludes halogenated alkanes) is 19. The van der Waals surface area contributed by atoms with Crippen molar-refractivity contribution in [2.45, 2.75) is 226 Å². The van der Waals surface area contributed by atoms with Gasteiger partial charge < -0.3 is 19.1 Å². The predicted octanol–water partition coefficient (Wildman–Crippen LogP) is 14.5. The second-order valence-corrected chi connectivity index (χ2v) is 15.9. The van der Waals surface area contributed by atoms with Crippen LogP contribution in [0.15, 0.2) is 24.3 Å². The van der Waals surface area contributed by atoms with Crippen LogP contribution in [-0.4, -0.2) is 57.0 Å². The van der Waals surface area contributed by atoms with Crippen LogP contribution in [0.5, 0.6) is 0 Å². The minimum absolute atomic E-state index is 0.0808. The predicted molar refractivity (Wildman–Crippen MR) is 228 cm³/mol. The van der Waals surface area contributed by atoms with Gasteiger partial charge in [-0.25, -0.2) is 4.79 Å². The van der Waals surface area contributed by atoms with Gasteiger partial charge in [0, 0.05) is 13.0 Å². The number of hydrogen-bond donors (Lipinski definition) is 0. The lowest BCUT2D eigenvalue weighted by molar-refractivity contribution is -0.143. The second kappa shape index (κ2) is 41.3. The molecule has 0 aromatic carbocycles. The molecule has 0 aromatic heterocycles. The summed E-state index contributed by atoms with van der Waals surface area (Å²) in [6.45, 7) is 8.49. The molecule has 0 fully saturated rings. The summed E-state index contributed by atoms with van der Waals surface area (Å²) < 4.78 is 17.0. The van der Waals surface area contributed by atoms with Gasteiger partial charge in [-0.15, -0.1) is 0 Å². The van der Waals surface area contributed by atoms with Crippen LogP contribution in [0.4, 0.5) is 4.79 Å². The maximum absolute atomic E-state index is 12.7. The monoisotopic (exact) mass is 748 g/mol. The molecule has 0 N–H and O–H groups in total. The third-order valence-electron chi connectivity index (χ3n) is 10.3. The summed E-state index contributed by atoms with van der Waals surface area (Å²) in [5, 5.41) is 0.